The molecule has 0 amide bonds. The summed E-state index contributed by atoms with van der Waals surface area (Å²) in [5.74, 6) is -0.0648. The van der Waals surface area contributed by atoms with Crippen LogP contribution in [0, 0.1) is 0 Å². The number of carbonyl (C=O) groups excluding carboxylic acids is 1. The van der Waals surface area contributed by atoms with Gasteiger partial charge in [-0.05, 0) is 72.4 Å². The van der Waals surface area contributed by atoms with Gasteiger partial charge in [0.1, 0.15) is 23.3 Å². The first-order valence-electron chi connectivity index (χ1n) is 11.0. The summed E-state index contributed by atoms with van der Waals surface area (Å²) in [6.45, 7) is 2.06. The molecule has 0 saturated carbocycles. The Kier molecular flexibility index (Phi) is 8.10. The summed E-state index contributed by atoms with van der Waals surface area (Å²) in [6.07, 6.45) is 0.947. The zero-order valence-electron chi connectivity index (χ0n) is 19.0. The maximum atomic E-state index is 13.0. The van der Waals surface area contributed by atoms with Gasteiger partial charge in [-0.1, -0.05) is 0 Å². The number of alkyl halides is 3. The summed E-state index contributed by atoms with van der Waals surface area (Å²) in [5, 5.41) is 4.31. The molecule has 4 rings (SSSR count). The molecule has 36 heavy (non-hydrogen) atoms. The predicted molar refractivity (Wildman–Crippen MR) is 128 cm³/mol. The van der Waals surface area contributed by atoms with E-state index in [0.717, 1.165) is 42.7 Å². The van der Waals surface area contributed by atoms with Crippen molar-refractivity contribution in [1.29, 1.82) is 0 Å². The van der Waals surface area contributed by atoms with Crippen LogP contribution in [0.3, 0.4) is 0 Å². The minimum atomic E-state index is -4.44. The van der Waals surface area contributed by atoms with E-state index in [9.17, 15) is 22.2 Å². The van der Waals surface area contributed by atoms with Crippen LogP contribution in [0.25, 0.3) is 0 Å². The highest BCUT2D eigenvalue weighted by Crippen LogP contribution is 2.34. The van der Waals surface area contributed by atoms with E-state index in [4.69, 9.17) is 9.47 Å². The average molecular weight is 587 g/mol. The second kappa shape index (κ2) is 11.1. The number of ether oxygens (including phenoxy) is 2. The van der Waals surface area contributed by atoms with Crippen LogP contribution in [0.2, 0.25) is 0 Å². The van der Waals surface area contributed by atoms with Crippen molar-refractivity contribution in [1.82, 2.24) is 19.5 Å². The summed E-state index contributed by atoms with van der Waals surface area (Å²) in [7, 11) is -1.62. The smallest absolute Gasteiger partial charge is 0.416 e. The number of benzene rings is 1. The molecule has 3 aromatic rings. The molecule has 13 heteroatoms. The predicted octanol–water partition coefficient (Wildman–Crippen LogP) is 5.10. The fraction of sp³-hybridized carbons (Fsp3) is 0.348. The molecular formula is C23H22BrF3N4O4S. The molecule has 0 saturated heterocycles. The van der Waals surface area contributed by atoms with E-state index in [1.54, 1.807) is 23.9 Å². The number of hydrogen-bond donors (Lipinski definition) is 1. The van der Waals surface area contributed by atoms with Crippen LogP contribution < -0.4 is 9.46 Å². The zero-order chi connectivity index (χ0) is 25.9. The Balaban J connectivity index is 1.43. The highest BCUT2D eigenvalue weighted by molar-refractivity contribution is 9.10. The van der Waals surface area contributed by atoms with Gasteiger partial charge in [-0.15, -0.1) is 0 Å². The van der Waals surface area contributed by atoms with Crippen molar-refractivity contribution in [3.05, 3.63) is 64.0 Å². The van der Waals surface area contributed by atoms with E-state index in [-0.39, 0.29) is 30.2 Å². The quantitative estimate of drug-likeness (QED) is 0.369. The molecule has 192 valence electrons. The summed E-state index contributed by atoms with van der Waals surface area (Å²) in [5.41, 5.74) is 1.01. The van der Waals surface area contributed by atoms with E-state index < -0.39 is 22.7 Å². The average Bonchev–Trinajstić information content (AvgIpc) is 3.24. The van der Waals surface area contributed by atoms with Crippen molar-refractivity contribution in [2.24, 2.45) is 0 Å². The van der Waals surface area contributed by atoms with Crippen LogP contribution in [0.15, 0.2) is 52.1 Å². The minimum absolute atomic E-state index is 0.0241. The van der Waals surface area contributed by atoms with Crippen LogP contribution >= 0.6 is 15.9 Å². The molecule has 0 radical (unpaired) electrons. The van der Waals surface area contributed by atoms with Crippen LogP contribution in [0.4, 0.5) is 13.2 Å². The van der Waals surface area contributed by atoms with Crippen LogP contribution in [0.1, 0.15) is 42.6 Å². The SMILES string of the molecule is CCOC(=O)Cn1ncc2c1CCCC2NS(=O)c1cnc(Oc2ccc(C(F)(F)F)cc2)c(Br)c1. The number of hydrogen-bond acceptors (Lipinski definition) is 6. The standard InChI is InChI=1S/C23H22BrF3N4O4S/c1-2-34-21(32)13-31-20-5-3-4-19(17(20)12-29-31)30-36(33)16-10-18(24)22(28-11-16)35-15-8-6-14(7-9-15)23(25,26)27/h6-12,19,30H,2-5,13H2,1H3. The van der Waals surface area contributed by atoms with Gasteiger partial charge in [-0.2, -0.15) is 18.3 Å². The van der Waals surface area contributed by atoms with E-state index in [2.05, 4.69) is 30.7 Å². The zero-order valence-corrected chi connectivity index (χ0v) is 21.5. The van der Waals surface area contributed by atoms with Gasteiger partial charge in [0, 0.05) is 23.5 Å². The van der Waals surface area contributed by atoms with Crippen LogP contribution in [0.5, 0.6) is 11.6 Å². The Hall–Kier alpha value is -2.77. The Bertz CT molecular complexity index is 1270. The first kappa shape index (κ1) is 26.3. The lowest BCUT2D eigenvalue weighted by atomic mass is 9.94. The van der Waals surface area contributed by atoms with Crippen LogP contribution in [-0.4, -0.2) is 31.5 Å². The lowest BCUT2D eigenvalue weighted by molar-refractivity contribution is -0.144. The minimum Gasteiger partial charge on any atom is -0.465 e. The fourth-order valence-electron chi connectivity index (χ4n) is 3.81. The third-order valence-electron chi connectivity index (χ3n) is 5.49. The van der Waals surface area contributed by atoms with Gasteiger partial charge in [0.25, 0.3) is 0 Å². The summed E-state index contributed by atoms with van der Waals surface area (Å²) in [4.78, 5) is 16.4. The highest BCUT2D eigenvalue weighted by Gasteiger charge is 2.30. The molecular weight excluding hydrogens is 565 g/mol. The number of aromatic nitrogens is 3. The van der Waals surface area contributed by atoms with E-state index in [1.807, 2.05) is 0 Å². The second-order valence-corrected chi connectivity index (χ2v) is 10.0. The van der Waals surface area contributed by atoms with Gasteiger partial charge >= 0.3 is 12.1 Å². The number of nitrogens with zero attached hydrogens (tertiary/aromatic N) is 3. The van der Waals surface area contributed by atoms with Crippen molar-refractivity contribution >= 4 is 32.9 Å². The third kappa shape index (κ3) is 6.13. The first-order chi connectivity index (χ1) is 17.2. The molecule has 1 aliphatic rings. The third-order valence-corrected chi connectivity index (χ3v) is 7.21. The fourth-order valence-corrected chi connectivity index (χ4v) is 5.41. The van der Waals surface area contributed by atoms with Gasteiger partial charge in [0.15, 0.2) is 0 Å². The van der Waals surface area contributed by atoms with Gasteiger partial charge in [0.05, 0.1) is 27.7 Å². The monoisotopic (exact) mass is 586 g/mol. The Morgan fingerprint density at radius 2 is 2.03 bits per heavy atom. The number of rotatable bonds is 8. The lowest BCUT2D eigenvalue weighted by Crippen LogP contribution is -2.28. The number of fused-ring (bicyclic) bond motifs is 1. The van der Waals surface area contributed by atoms with Crippen molar-refractivity contribution in [3.63, 3.8) is 0 Å². The molecule has 2 aromatic heterocycles. The number of esters is 1. The number of nitrogens with one attached hydrogen (secondary N) is 1. The first-order valence-corrected chi connectivity index (χ1v) is 13.0. The van der Waals surface area contributed by atoms with Crippen molar-refractivity contribution in [2.75, 3.05) is 6.61 Å². The Morgan fingerprint density at radius 3 is 2.69 bits per heavy atom. The van der Waals surface area contributed by atoms with Gasteiger partial charge < -0.3 is 9.47 Å². The molecule has 2 atom stereocenters. The van der Waals surface area contributed by atoms with Crippen LogP contribution in [-0.2, 0) is 39.7 Å². The van der Waals surface area contributed by atoms with E-state index >= 15 is 0 Å². The van der Waals surface area contributed by atoms with Crippen molar-refractivity contribution < 1.29 is 31.6 Å². The van der Waals surface area contributed by atoms with E-state index in [1.165, 1.54) is 18.3 Å². The molecule has 0 bridgehead atoms. The molecule has 1 N–H and O–H groups in total. The Labute approximate surface area is 215 Å². The number of halogens is 4. The summed E-state index contributed by atoms with van der Waals surface area (Å²) >= 11 is 3.32. The molecule has 2 heterocycles. The number of pyridine rings is 1. The molecule has 1 aromatic carbocycles. The Morgan fingerprint density at radius 1 is 1.28 bits per heavy atom. The normalized spacial score (nSPS) is 16.3. The van der Waals surface area contributed by atoms with Gasteiger partial charge in [0.2, 0.25) is 5.88 Å². The molecule has 0 aliphatic heterocycles. The maximum Gasteiger partial charge on any atom is 0.416 e. The second-order valence-electron chi connectivity index (χ2n) is 7.92. The largest absolute Gasteiger partial charge is 0.465 e. The van der Waals surface area contributed by atoms with Crippen molar-refractivity contribution in [3.8, 4) is 11.6 Å². The molecule has 0 fully saturated rings. The van der Waals surface area contributed by atoms with Crippen molar-refractivity contribution in [2.45, 2.75) is 49.8 Å². The summed E-state index contributed by atoms with van der Waals surface area (Å²) in [6, 6.07) is 5.59. The maximum absolute atomic E-state index is 13.0. The van der Waals surface area contributed by atoms with E-state index in [0.29, 0.717) is 16.0 Å². The summed E-state index contributed by atoms with van der Waals surface area (Å²) < 4.78 is 66.9. The molecule has 0 spiro atoms. The highest BCUT2D eigenvalue weighted by atomic mass is 79.9. The molecule has 1 aliphatic carbocycles. The topological polar surface area (TPSA) is 95.3 Å². The van der Waals surface area contributed by atoms with Gasteiger partial charge in [-0.25, -0.2) is 13.9 Å². The molecule has 8 nitrogen and oxygen atoms in total. The molecule has 2 unspecified atom stereocenters. The lowest BCUT2D eigenvalue weighted by Gasteiger charge is -2.23. The number of carbonyl (C=O) groups is 1. The van der Waals surface area contributed by atoms with Gasteiger partial charge in [-0.3, -0.25) is 9.48 Å².